The average Bonchev–Trinajstić information content (AvgIpc) is 3.06. The summed E-state index contributed by atoms with van der Waals surface area (Å²) in [5, 5.41) is 2.61. The lowest BCUT2D eigenvalue weighted by atomic mass is 10.2. The van der Waals surface area contributed by atoms with E-state index in [2.05, 4.69) is 5.32 Å². The van der Waals surface area contributed by atoms with Crippen LogP contribution in [0.2, 0.25) is 0 Å². The summed E-state index contributed by atoms with van der Waals surface area (Å²) in [6, 6.07) is 8.77. The summed E-state index contributed by atoms with van der Waals surface area (Å²) in [5.74, 6) is -1.29. The van der Waals surface area contributed by atoms with Gasteiger partial charge in [0, 0.05) is 0 Å². The number of amides is 1. The van der Waals surface area contributed by atoms with Gasteiger partial charge in [-0.15, -0.1) is 0 Å². The molecule has 0 aliphatic heterocycles. The Kier molecular flexibility index (Phi) is 5.74. The number of ether oxygens (including phenoxy) is 2. The molecule has 23 heavy (non-hydrogen) atoms. The van der Waals surface area contributed by atoms with Crippen LogP contribution in [0.4, 0.5) is 4.39 Å². The zero-order valence-electron chi connectivity index (χ0n) is 12.5. The number of benzene rings is 1. The molecule has 0 spiro atoms. The molecule has 0 radical (unpaired) electrons. The predicted octanol–water partition coefficient (Wildman–Crippen LogP) is 2.22. The average molecular weight is 321 g/mol. The highest BCUT2D eigenvalue weighted by atomic mass is 19.1. The second-order valence-electron chi connectivity index (χ2n) is 4.68. The van der Waals surface area contributed by atoms with Crippen molar-refractivity contribution in [1.29, 1.82) is 0 Å². The van der Waals surface area contributed by atoms with Crippen LogP contribution in [0, 0.1) is 5.82 Å². The van der Waals surface area contributed by atoms with E-state index in [1.54, 1.807) is 25.1 Å². The number of hydrogen-bond acceptors (Lipinski definition) is 5. The molecule has 6 nitrogen and oxygen atoms in total. The van der Waals surface area contributed by atoms with Gasteiger partial charge in [0.05, 0.1) is 12.3 Å². The molecule has 0 unspecified atom stereocenters. The molecule has 0 saturated carbocycles. The number of furan rings is 1. The van der Waals surface area contributed by atoms with Gasteiger partial charge in [-0.2, -0.15) is 0 Å². The molecular formula is C16H16FNO5. The van der Waals surface area contributed by atoms with Crippen LogP contribution >= 0.6 is 0 Å². The number of para-hydroxylation sites is 1. The molecule has 0 fully saturated rings. The van der Waals surface area contributed by atoms with Crippen molar-refractivity contribution in [3.63, 3.8) is 0 Å². The molecule has 1 amide bonds. The van der Waals surface area contributed by atoms with Crippen molar-refractivity contribution in [2.24, 2.45) is 0 Å². The standard InChI is InChI=1S/C16H16FNO5/c1-11(13-7-4-8-21-13)18-15(19)9-23-16(20)10-22-14-6-3-2-5-12(14)17/h2-8,11H,9-10H2,1H3,(H,18,19)/t11-/m0/s1. The Labute approximate surface area is 132 Å². The molecule has 1 aromatic heterocycles. The first-order chi connectivity index (χ1) is 11.1. The number of carbonyl (C=O) groups excluding carboxylic acids is 2. The van der Waals surface area contributed by atoms with E-state index in [9.17, 15) is 14.0 Å². The molecule has 1 aromatic carbocycles. The second-order valence-corrected chi connectivity index (χ2v) is 4.68. The molecule has 1 atom stereocenters. The summed E-state index contributed by atoms with van der Waals surface area (Å²) in [6.07, 6.45) is 1.50. The Bertz CT molecular complexity index is 656. The fourth-order valence-corrected chi connectivity index (χ4v) is 1.78. The summed E-state index contributed by atoms with van der Waals surface area (Å²) in [7, 11) is 0. The highest BCUT2D eigenvalue weighted by Gasteiger charge is 2.14. The van der Waals surface area contributed by atoms with Crippen LogP contribution < -0.4 is 10.1 Å². The molecule has 1 heterocycles. The molecular weight excluding hydrogens is 305 g/mol. The summed E-state index contributed by atoms with van der Waals surface area (Å²) in [5.41, 5.74) is 0. The van der Waals surface area contributed by atoms with Gasteiger partial charge in [0.15, 0.2) is 24.8 Å². The van der Waals surface area contributed by atoms with Crippen molar-refractivity contribution in [2.45, 2.75) is 13.0 Å². The van der Waals surface area contributed by atoms with Gasteiger partial charge in [0.1, 0.15) is 5.76 Å². The Morgan fingerprint density at radius 3 is 2.70 bits per heavy atom. The number of carbonyl (C=O) groups is 2. The number of hydrogen-bond donors (Lipinski definition) is 1. The largest absolute Gasteiger partial charge is 0.479 e. The number of nitrogens with one attached hydrogen (secondary N) is 1. The molecule has 2 aromatic rings. The van der Waals surface area contributed by atoms with E-state index in [0.29, 0.717) is 5.76 Å². The van der Waals surface area contributed by atoms with E-state index in [-0.39, 0.29) is 11.8 Å². The van der Waals surface area contributed by atoms with Crippen LogP contribution in [-0.4, -0.2) is 25.1 Å². The summed E-state index contributed by atoms with van der Waals surface area (Å²) in [6.45, 7) is 0.798. The third kappa shape index (κ3) is 5.14. The smallest absolute Gasteiger partial charge is 0.344 e. The van der Waals surface area contributed by atoms with Crippen molar-refractivity contribution in [3.8, 4) is 5.75 Å². The maximum absolute atomic E-state index is 13.3. The lowest BCUT2D eigenvalue weighted by molar-refractivity contribution is -0.150. The van der Waals surface area contributed by atoms with Crippen molar-refractivity contribution >= 4 is 11.9 Å². The van der Waals surface area contributed by atoms with Crippen molar-refractivity contribution in [2.75, 3.05) is 13.2 Å². The quantitative estimate of drug-likeness (QED) is 0.791. The summed E-state index contributed by atoms with van der Waals surface area (Å²) < 4.78 is 28.2. The number of esters is 1. The molecule has 7 heteroatoms. The lowest BCUT2D eigenvalue weighted by Gasteiger charge is -2.12. The maximum atomic E-state index is 13.3. The minimum Gasteiger partial charge on any atom is -0.479 e. The molecule has 0 bridgehead atoms. The minimum atomic E-state index is -0.769. The van der Waals surface area contributed by atoms with Crippen molar-refractivity contribution in [3.05, 3.63) is 54.2 Å². The number of rotatable bonds is 7. The van der Waals surface area contributed by atoms with E-state index in [1.165, 1.54) is 24.5 Å². The highest BCUT2D eigenvalue weighted by molar-refractivity contribution is 5.81. The molecule has 0 aliphatic carbocycles. The first-order valence-corrected chi connectivity index (χ1v) is 6.92. The van der Waals surface area contributed by atoms with Gasteiger partial charge in [-0.25, -0.2) is 9.18 Å². The second kappa shape index (κ2) is 7.98. The van der Waals surface area contributed by atoms with Crippen molar-refractivity contribution < 1.29 is 27.9 Å². The monoisotopic (exact) mass is 321 g/mol. The van der Waals surface area contributed by atoms with Crippen LogP contribution in [0.5, 0.6) is 5.75 Å². The van der Waals surface area contributed by atoms with E-state index in [0.717, 1.165) is 0 Å². The minimum absolute atomic E-state index is 0.0552. The molecule has 1 N–H and O–H groups in total. The van der Waals surface area contributed by atoms with Crippen LogP contribution in [0.3, 0.4) is 0 Å². The van der Waals surface area contributed by atoms with Gasteiger partial charge in [-0.3, -0.25) is 4.79 Å². The SMILES string of the molecule is C[C@H](NC(=O)COC(=O)COc1ccccc1F)c1ccco1. The normalized spacial score (nSPS) is 11.6. The zero-order valence-corrected chi connectivity index (χ0v) is 12.5. The van der Waals surface area contributed by atoms with Gasteiger partial charge in [0.25, 0.3) is 5.91 Å². The van der Waals surface area contributed by atoms with E-state index in [1.807, 2.05) is 0 Å². The van der Waals surface area contributed by atoms with Gasteiger partial charge in [-0.1, -0.05) is 12.1 Å². The fraction of sp³-hybridized carbons (Fsp3) is 0.250. The zero-order chi connectivity index (χ0) is 16.7. The van der Waals surface area contributed by atoms with E-state index in [4.69, 9.17) is 13.9 Å². The van der Waals surface area contributed by atoms with Crippen molar-refractivity contribution in [1.82, 2.24) is 5.32 Å². The highest BCUT2D eigenvalue weighted by Crippen LogP contribution is 2.15. The van der Waals surface area contributed by atoms with Gasteiger partial charge in [-0.05, 0) is 31.2 Å². The topological polar surface area (TPSA) is 77.8 Å². The van der Waals surface area contributed by atoms with E-state index < -0.39 is 30.9 Å². The molecule has 122 valence electrons. The van der Waals surface area contributed by atoms with Gasteiger partial charge < -0.3 is 19.2 Å². The van der Waals surface area contributed by atoms with Crippen LogP contribution in [0.1, 0.15) is 18.7 Å². The Hall–Kier alpha value is -2.83. The summed E-state index contributed by atoms with van der Waals surface area (Å²) in [4.78, 5) is 23.1. The van der Waals surface area contributed by atoms with Crippen LogP contribution in [0.15, 0.2) is 47.1 Å². The first kappa shape index (κ1) is 16.5. The fourth-order valence-electron chi connectivity index (χ4n) is 1.78. The third-order valence-corrected chi connectivity index (χ3v) is 2.89. The maximum Gasteiger partial charge on any atom is 0.344 e. The Morgan fingerprint density at radius 1 is 1.22 bits per heavy atom. The molecule has 0 aliphatic rings. The first-order valence-electron chi connectivity index (χ1n) is 6.92. The van der Waals surface area contributed by atoms with Gasteiger partial charge >= 0.3 is 5.97 Å². The third-order valence-electron chi connectivity index (χ3n) is 2.89. The summed E-state index contributed by atoms with van der Waals surface area (Å²) >= 11 is 0. The van der Waals surface area contributed by atoms with Crippen LogP contribution in [0.25, 0.3) is 0 Å². The Balaban J connectivity index is 1.70. The lowest BCUT2D eigenvalue weighted by Crippen LogP contribution is -2.31. The molecule has 2 rings (SSSR count). The van der Waals surface area contributed by atoms with Gasteiger partial charge in [0.2, 0.25) is 0 Å². The molecule has 0 saturated heterocycles. The predicted molar refractivity (Wildman–Crippen MR) is 78.1 cm³/mol. The number of halogens is 1. The van der Waals surface area contributed by atoms with E-state index >= 15 is 0 Å². The Morgan fingerprint density at radius 2 is 2.00 bits per heavy atom. The van der Waals surface area contributed by atoms with Crippen LogP contribution in [-0.2, 0) is 14.3 Å².